The molecule has 1 saturated heterocycles. The van der Waals surface area contributed by atoms with Gasteiger partial charge in [-0.05, 0) is 50.5 Å². The third-order valence-corrected chi connectivity index (χ3v) is 4.20. The summed E-state index contributed by atoms with van der Waals surface area (Å²) in [5.74, 6) is 0.812. The monoisotopic (exact) mass is 356 g/mol. The van der Waals surface area contributed by atoms with Gasteiger partial charge in [0.2, 0.25) is 5.95 Å². The minimum Gasteiger partial charge on any atom is -0.495 e. The molecule has 2 aromatic rings. The fraction of sp³-hybridized carbons (Fsp3) is 0.421. The third kappa shape index (κ3) is 4.49. The molecule has 1 unspecified atom stereocenters. The first-order chi connectivity index (χ1) is 12.5. The molecule has 1 fully saturated rings. The number of hydrogen-bond acceptors (Lipinski definition) is 6. The van der Waals surface area contributed by atoms with E-state index in [1.54, 1.807) is 13.2 Å². The van der Waals surface area contributed by atoms with E-state index in [-0.39, 0.29) is 12.0 Å². The minimum absolute atomic E-state index is 0.0936. The first-order valence-electron chi connectivity index (χ1n) is 8.72. The highest BCUT2D eigenvalue weighted by atomic mass is 16.5. The highest BCUT2D eigenvalue weighted by Gasteiger charge is 2.18. The van der Waals surface area contributed by atoms with Gasteiger partial charge in [0.25, 0.3) is 5.91 Å². The zero-order valence-electron chi connectivity index (χ0n) is 15.3. The second-order valence-electron chi connectivity index (χ2n) is 6.39. The third-order valence-electron chi connectivity index (χ3n) is 4.20. The van der Waals surface area contributed by atoms with Gasteiger partial charge in [-0.15, -0.1) is 0 Å². The zero-order valence-corrected chi connectivity index (χ0v) is 15.3. The molecule has 1 aromatic carbocycles. The highest BCUT2D eigenvalue weighted by molar-refractivity contribution is 5.92. The van der Waals surface area contributed by atoms with Gasteiger partial charge in [0.1, 0.15) is 11.4 Å². The molecule has 1 aliphatic heterocycles. The number of aromatic nitrogens is 2. The number of amides is 1. The van der Waals surface area contributed by atoms with Crippen LogP contribution in [0.3, 0.4) is 0 Å². The second-order valence-corrected chi connectivity index (χ2v) is 6.39. The van der Waals surface area contributed by atoms with Crippen LogP contribution in [0.1, 0.15) is 34.6 Å². The molecule has 3 rings (SSSR count). The van der Waals surface area contributed by atoms with Gasteiger partial charge in [0.15, 0.2) is 0 Å². The average Bonchev–Trinajstić information content (AvgIpc) is 3.13. The van der Waals surface area contributed by atoms with Crippen LogP contribution >= 0.6 is 0 Å². The smallest absolute Gasteiger partial charge is 0.270 e. The van der Waals surface area contributed by atoms with Gasteiger partial charge in [-0.3, -0.25) is 4.79 Å². The van der Waals surface area contributed by atoms with Crippen molar-refractivity contribution in [1.29, 1.82) is 0 Å². The molecule has 1 amide bonds. The van der Waals surface area contributed by atoms with E-state index in [0.29, 0.717) is 29.6 Å². The molecule has 1 aliphatic rings. The van der Waals surface area contributed by atoms with Crippen molar-refractivity contribution in [2.24, 2.45) is 0 Å². The molecule has 0 spiro atoms. The maximum Gasteiger partial charge on any atom is 0.270 e. The van der Waals surface area contributed by atoms with Gasteiger partial charge < -0.3 is 20.1 Å². The molecule has 0 bridgehead atoms. The van der Waals surface area contributed by atoms with E-state index < -0.39 is 0 Å². The van der Waals surface area contributed by atoms with Crippen molar-refractivity contribution < 1.29 is 14.3 Å². The Kier molecular flexibility index (Phi) is 5.68. The van der Waals surface area contributed by atoms with Crippen LogP contribution < -0.4 is 15.4 Å². The van der Waals surface area contributed by atoms with E-state index in [2.05, 4.69) is 20.6 Å². The first-order valence-corrected chi connectivity index (χ1v) is 8.72. The van der Waals surface area contributed by atoms with Gasteiger partial charge in [0, 0.05) is 18.8 Å². The number of nitrogens with one attached hydrogen (secondary N) is 2. The van der Waals surface area contributed by atoms with E-state index in [4.69, 9.17) is 9.47 Å². The van der Waals surface area contributed by atoms with Crippen molar-refractivity contribution in [1.82, 2.24) is 15.3 Å². The van der Waals surface area contributed by atoms with Crippen LogP contribution in [0.25, 0.3) is 0 Å². The molecule has 138 valence electrons. The van der Waals surface area contributed by atoms with Gasteiger partial charge in [0.05, 0.1) is 18.9 Å². The van der Waals surface area contributed by atoms with Crippen molar-refractivity contribution in [3.8, 4) is 5.75 Å². The Morgan fingerprint density at radius 3 is 2.88 bits per heavy atom. The van der Waals surface area contributed by atoms with Crippen LogP contribution in [0.5, 0.6) is 5.75 Å². The van der Waals surface area contributed by atoms with Gasteiger partial charge in [-0.1, -0.05) is 6.07 Å². The summed E-state index contributed by atoms with van der Waals surface area (Å²) in [7, 11) is 1.61. The fourth-order valence-electron chi connectivity index (χ4n) is 2.88. The van der Waals surface area contributed by atoms with Crippen molar-refractivity contribution in [3.05, 3.63) is 41.2 Å². The predicted molar refractivity (Wildman–Crippen MR) is 99.1 cm³/mol. The Balaban J connectivity index is 1.74. The van der Waals surface area contributed by atoms with E-state index in [1.807, 2.05) is 32.0 Å². The number of anilines is 2. The summed E-state index contributed by atoms with van der Waals surface area (Å²) in [6.07, 6.45) is 2.11. The molecule has 1 aromatic heterocycles. The number of carbonyl (C=O) groups is 1. The van der Waals surface area contributed by atoms with Crippen LogP contribution in [0, 0.1) is 13.8 Å². The van der Waals surface area contributed by atoms with E-state index in [1.165, 1.54) is 0 Å². The summed E-state index contributed by atoms with van der Waals surface area (Å²) in [6.45, 7) is 5.08. The normalized spacial score (nSPS) is 16.3. The number of carbonyl (C=O) groups excluding carboxylic acids is 1. The molecule has 26 heavy (non-hydrogen) atoms. The second kappa shape index (κ2) is 8.14. The van der Waals surface area contributed by atoms with Crippen molar-refractivity contribution in [3.63, 3.8) is 0 Å². The molecular weight excluding hydrogens is 332 g/mol. The number of hydrogen-bond donors (Lipinski definition) is 2. The summed E-state index contributed by atoms with van der Waals surface area (Å²) >= 11 is 0. The summed E-state index contributed by atoms with van der Waals surface area (Å²) in [5.41, 5.74) is 2.86. The number of benzene rings is 1. The van der Waals surface area contributed by atoms with Crippen LogP contribution in [0.2, 0.25) is 0 Å². The molecular formula is C19H24N4O3. The zero-order chi connectivity index (χ0) is 18.5. The summed E-state index contributed by atoms with van der Waals surface area (Å²) < 4.78 is 10.9. The number of ether oxygens (including phenoxy) is 2. The molecule has 7 heteroatoms. The lowest BCUT2D eigenvalue weighted by Gasteiger charge is -2.13. The number of rotatable bonds is 6. The van der Waals surface area contributed by atoms with Gasteiger partial charge in [-0.2, -0.15) is 0 Å². The van der Waals surface area contributed by atoms with Gasteiger partial charge in [-0.25, -0.2) is 9.97 Å². The molecule has 0 saturated carbocycles. The maximum atomic E-state index is 12.4. The molecule has 1 atom stereocenters. The maximum absolute atomic E-state index is 12.4. The largest absolute Gasteiger partial charge is 0.495 e. The standard InChI is InChI=1S/C19H24N4O3/c1-12-6-7-17(25-3)15(9-12)22-19-21-13(2)10-16(23-19)18(24)20-11-14-5-4-8-26-14/h6-7,9-10,14H,4-5,8,11H2,1-3H3,(H,20,24)(H,21,22,23). The lowest BCUT2D eigenvalue weighted by Crippen LogP contribution is -2.32. The van der Waals surface area contributed by atoms with Gasteiger partial charge >= 0.3 is 0 Å². The van der Waals surface area contributed by atoms with Crippen molar-refractivity contribution in [2.75, 3.05) is 25.6 Å². The Hall–Kier alpha value is -2.67. The van der Waals surface area contributed by atoms with Crippen LogP contribution in [0.4, 0.5) is 11.6 Å². The SMILES string of the molecule is COc1ccc(C)cc1Nc1nc(C)cc(C(=O)NCC2CCCO2)n1. The Labute approximate surface area is 153 Å². The molecule has 2 heterocycles. The minimum atomic E-state index is -0.231. The number of nitrogens with zero attached hydrogens (tertiary/aromatic N) is 2. The lowest BCUT2D eigenvalue weighted by molar-refractivity contribution is 0.0853. The van der Waals surface area contributed by atoms with Crippen LogP contribution in [-0.2, 0) is 4.74 Å². The number of methoxy groups -OCH3 is 1. The summed E-state index contributed by atoms with van der Waals surface area (Å²) in [6, 6.07) is 7.46. The van der Waals surface area contributed by atoms with E-state index in [9.17, 15) is 4.79 Å². The average molecular weight is 356 g/mol. The number of aryl methyl sites for hydroxylation is 2. The Morgan fingerprint density at radius 2 is 2.15 bits per heavy atom. The van der Waals surface area contributed by atoms with E-state index in [0.717, 1.165) is 30.7 Å². The summed E-state index contributed by atoms with van der Waals surface area (Å²) in [5, 5.41) is 6.03. The Bertz CT molecular complexity index is 788. The summed E-state index contributed by atoms with van der Waals surface area (Å²) in [4.78, 5) is 21.1. The molecule has 2 N–H and O–H groups in total. The molecule has 0 aliphatic carbocycles. The topological polar surface area (TPSA) is 85.4 Å². The molecule has 0 radical (unpaired) electrons. The van der Waals surface area contributed by atoms with Crippen LogP contribution in [0.15, 0.2) is 24.3 Å². The lowest BCUT2D eigenvalue weighted by atomic mass is 10.2. The van der Waals surface area contributed by atoms with E-state index >= 15 is 0 Å². The first kappa shape index (κ1) is 18.1. The predicted octanol–water partition coefficient (Wildman–Crippen LogP) is 2.75. The highest BCUT2D eigenvalue weighted by Crippen LogP contribution is 2.27. The Morgan fingerprint density at radius 1 is 1.31 bits per heavy atom. The molecule has 7 nitrogen and oxygen atoms in total. The van der Waals surface area contributed by atoms with Crippen molar-refractivity contribution >= 4 is 17.5 Å². The fourth-order valence-corrected chi connectivity index (χ4v) is 2.88. The van der Waals surface area contributed by atoms with Crippen LogP contribution in [-0.4, -0.2) is 42.2 Å². The van der Waals surface area contributed by atoms with Crippen molar-refractivity contribution in [2.45, 2.75) is 32.8 Å². The quantitative estimate of drug-likeness (QED) is 0.828.